The lowest BCUT2D eigenvalue weighted by Crippen LogP contribution is -2.42. The van der Waals surface area contributed by atoms with E-state index in [4.69, 9.17) is 5.11 Å². The van der Waals surface area contributed by atoms with Crippen LogP contribution in [0.4, 0.5) is 10.5 Å². The molecule has 1 saturated heterocycles. The van der Waals surface area contributed by atoms with Crippen molar-refractivity contribution in [2.75, 3.05) is 18.4 Å². The van der Waals surface area contributed by atoms with Gasteiger partial charge in [-0.3, -0.25) is 4.79 Å². The van der Waals surface area contributed by atoms with E-state index in [0.29, 0.717) is 31.6 Å². The van der Waals surface area contributed by atoms with E-state index in [2.05, 4.69) is 10.3 Å². The smallest absolute Gasteiger partial charge is 0.321 e. The van der Waals surface area contributed by atoms with Crippen molar-refractivity contribution in [1.29, 1.82) is 0 Å². The Hall–Kier alpha value is -2.93. The number of rotatable bonds is 3. The zero-order valence-electron chi connectivity index (χ0n) is 14.6. The molecule has 2 amide bonds. The number of aliphatic carboxylic acids is 1. The molecule has 2 heterocycles. The van der Waals surface area contributed by atoms with Crippen LogP contribution in [0.2, 0.25) is 0 Å². The third-order valence-electron chi connectivity index (χ3n) is 4.82. The summed E-state index contributed by atoms with van der Waals surface area (Å²) < 4.78 is 1.10. The van der Waals surface area contributed by atoms with Gasteiger partial charge < -0.3 is 15.3 Å². The zero-order chi connectivity index (χ0) is 18.8. The van der Waals surface area contributed by atoms with Crippen molar-refractivity contribution in [1.82, 2.24) is 9.88 Å². The fourth-order valence-corrected chi connectivity index (χ4v) is 4.29. The van der Waals surface area contributed by atoms with E-state index in [1.165, 1.54) is 0 Å². The maximum absolute atomic E-state index is 12.7. The SMILES string of the molecule is O=C(O)C1CCN(C(=O)Nc2ccccc2-c2nc3ccccc3s2)CC1. The number of benzene rings is 2. The second kappa shape index (κ2) is 7.36. The summed E-state index contributed by atoms with van der Waals surface area (Å²) in [6.45, 7) is 0.901. The number of amides is 2. The van der Waals surface area contributed by atoms with Crippen LogP contribution < -0.4 is 5.32 Å². The summed E-state index contributed by atoms with van der Waals surface area (Å²) >= 11 is 1.59. The molecular formula is C20H19N3O3S. The maximum atomic E-state index is 12.7. The molecule has 0 atom stereocenters. The normalized spacial score (nSPS) is 15.0. The number of para-hydroxylation sites is 2. The van der Waals surface area contributed by atoms with Gasteiger partial charge in [0.1, 0.15) is 5.01 Å². The summed E-state index contributed by atoms with van der Waals surface area (Å²) in [4.78, 5) is 30.1. The molecule has 4 rings (SSSR count). The first-order valence-electron chi connectivity index (χ1n) is 8.85. The number of anilines is 1. The number of likely N-dealkylation sites (tertiary alicyclic amines) is 1. The molecule has 138 valence electrons. The molecular weight excluding hydrogens is 362 g/mol. The van der Waals surface area contributed by atoms with Crippen molar-refractivity contribution in [2.24, 2.45) is 5.92 Å². The highest BCUT2D eigenvalue weighted by molar-refractivity contribution is 7.21. The van der Waals surface area contributed by atoms with Crippen LogP contribution in [0, 0.1) is 5.92 Å². The molecule has 0 spiro atoms. The van der Waals surface area contributed by atoms with Crippen LogP contribution in [0.3, 0.4) is 0 Å². The number of carboxylic acid groups (broad SMARTS) is 1. The Morgan fingerprint density at radius 3 is 2.52 bits per heavy atom. The molecule has 0 saturated carbocycles. The molecule has 3 aromatic rings. The second-order valence-corrected chi connectivity index (χ2v) is 7.59. The number of hydrogen-bond acceptors (Lipinski definition) is 4. The van der Waals surface area contributed by atoms with Crippen LogP contribution in [0.1, 0.15) is 12.8 Å². The molecule has 0 unspecified atom stereocenters. The number of piperidine rings is 1. The van der Waals surface area contributed by atoms with Gasteiger partial charge in [0.25, 0.3) is 0 Å². The van der Waals surface area contributed by atoms with Gasteiger partial charge in [-0.05, 0) is 37.1 Å². The molecule has 7 heteroatoms. The Bertz CT molecular complexity index is 960. The molecule has 27 heavy (non-hydrogen) atoms. The van der Waals surface area contributed by atoms with Crippen molar-refractivity contribution in [3.8, 4) is 10.6 Å². The van der Waals surface area contributed by atoms with Crippen LogP contribution in [-0.4, -0.2) is 40.1 Å². The first-order chi connectivity index (χ1) is 13.1. The minimum Gasteiger partial charge on any atom is -0.481 e. The van der Waals surface area contributed by atoms with Crippen molar-refractivity contribution in [3.05, 3.63) is 48.5 Å². The van der Waals surface area contributed by atoms with Crippen molar-refractivity contribution >= 4 is 39.2 Å². The van der Waals surface area contributed by atoms with Crippen molar-refractivity contribution in [3.63, 3.8) is 0 Å². The molecule has 0 radical (unpaired) electrons. The standard InChI is InChI=1S/C20H19N3O3S/c24-19(25)13-9-11-23(12-10-13)20(26)22-15-6-2-1-5-14(15)18-21-16-7-3-4-8-17(16)27-18/h1-8,13H,9-12H2,(H,22,26)(H,24,25). The van der Waals surface area contributed by atoms with Crippen LogP contribution in [0.15, 0.2) is 48.5 Å². The highest BCUT2D eigenvalue weighted by Crippen LogP contribution is 2.34. The molecule has 1 fully saturated rings. The summed E-state index contributed by atoms with van der Waals surface area (Å²) in [6, 6.07) is 15.4. The van der Waals surface area contributed by atoms with E-state index >= 15 is 0 Å². The van der Waals surface area contributed by atoms with E-state index in [9.17, 15) is 9.59 Å². The minimum absolute atomic E-state index is 0.201. The Kier molecular flexibility index (Phi) is 4.77. The number of carbonyl (C=O) groups excluding carboxylic acids is 1. The first-order valence-corrected chi connectivity index (χ1v) is 9.67. The van der Waals surface area contributed by atoms with E-state index < -0.39 is 5.97 Å². The largest absolute Gasteiger partial charge is 0.481 e. The maximum Gasteiger partial charge on any atom is 0.321 e. The fourth-order valence-electron chi connectivity index (χ4n) is 3.29. The third-order valence-corrected chi connectivity index (χ3v) is 5.89. The predicted molar refractivity (Wildman–Crippen MR) is 106 cm³/mol. The van der Waals surface area contributed by atoms with Gasteiger partial charge >= 0.3 is 12.0 Å². The Morgan fingerprint density at radius 1 is 1.07 bits per heavy atom. The van der Waals surface area contributed by atoms with Crippen LogP contribution in [-0.2, 0) is 4.79 Å². The number of nitrogens with zero attached hydrogens (tertiary/aromatic N) is 2. The van der Waals surface area contributed by atoms with Gasteiger partial charge in [0, 0.05) is 18.7 Å². The minimum atomic E-state index is -0.781. The fraction of sp³-hybridized carbons (Fsp3) is 0.250. The van der Waals surface area contributed by atoms with Gasteiger partial charge in [0.15, 0.2) is 0 Å². The Morgan fingerprint density at radius 2 is 1.78 bits per heavy atom. The summed E-state index contributed by atoms with van der Waals surface area (Å²) in [5.74, 6) is -1.14. The Labute approximate surface area is 160 Å². The van der Waals surface area contributed by atoms with Crippen LogP contribution in [0.25, 0.3) is 20.8 Å². The highest BCUT2D eigenvalue weighted by atomic mass is 32.1. The van der Waals surface area contributed by atoms with Gasteiger partial charge in [-0.1, -0.05) is 24.3 Å². The van der Waals surface area contributed by atoms with Gasteiger partial charge in [-0.15, -0.1) is 11.3 Å². The third kappa shape index (κ3) is 3.64. The van der Waals surface area contributed by atoms with Crippen molar-refractivity contribution < 1.29 is 14.7 Å². The molecule has 6 nitrogen and oxygen atoms in total. The topological polar surface area (TPSA) is 82.5 Å². The molecule has 1 aliphatic heterocycles. The van der Waals surface area contributed by atoms with Crippen molar-refractivity contribution in [2.45, 2.75) is 12.8 Å². The second-order valence-electron chi connectivity index (χ2n) is 6.56. The van der Waals surface area contributed by atoms with Gasteiger partial charge in [-0.2, -0.15) is 0 Å². The number of nitrogens with one attached hydrogen (secondary N) is 1. The Balaban J connectivity index is 1.53. The molecule has 2 N–H and O–H groups in total. The van der Waals surface area contributed by atoms with E-state index in [0.717, 1.165) is 20.8 Å². The van der Waals surface area contributed by atoms with Gasteiger partial charge in [0.05, 0.1) is 21.8 Å². The summed E-state index contributed by atoms with van der Waals surface area (Å²) in [5.41, 5.74) is 2.53. The average molecular weight is 381 g/mol. The molecule has 0 aliphatic carbocycles. The summed E-state index contributed by atoms with van der Waals surface area (Å²) in [5, 5.41) is 12.9. The average Bonchev–Trinajstić information content (AvgIpc) is 3.12. The van der Waals surface area contributed by atoms with E-state index in [1.54, 1.807) is 16.2 Å². The number of thiazole rings is 1. The number of carbonyl (C=O) groups is 2. The lowest BCUT2D eigenvalue weighted by molar-refractivity contribution is -0.143. The lowest BCUT2D eigenvalue weighted by atomic mass is 9.97. The first kappa shape index (κ1) is 17.5. The molecule has 1 aliphatic rings. The van der Waals surface area contributed by atoms with E-state index in [1.807, 2.05) is 48.5 Å². The number of fused-ring (bicyclic) bond motifs is 1. The molecule has 2 aromatic carbocycles. The number of urea groups is 1. The predicted octanol–water partition coefficient (Wildman–Crippen LogP) is 4.29. The van der Waals surface area contributed by atoms with Gasteiger partial charge in [0.2, 0.25) is 0 Å². The lowest BCUT2D eigenvalue weighted by Gasteiger charge is -2.30. The van der Waals surface area contributed by atoms with Crippen LogP contribution >= 0.6 is 11.3 Å². The van der Waals surface area contributed by atoms with Crippen LogP contribution in [0.5, 0.6) is 0 Å². The van der Waals surface area contributed by atoms with E-state index in [-0.39, 0.29) is 11.9 Å². The number of hydrogen-bond donors (Lipinski definition) is 2. The zero-order valence-corrected chi connectivity index (χ0v) is 15.4. The quantitative estimate of drug-likeness (QED) is 0.709. The number of aromatic nitrogens is 1. The van der Waals surface area contributed by atoms with Gasteiger partial charge in [-0.25, -0.2) is 9.78 Å². The molecule has 1 aromatic heterocycles. The molecule has 0 bridgehead atoms. The summed E-state index contributed by atoms with van der Waals surface area (Å²) in [6.07, 6.45) is 0.977. The monoisotopic (exact) mass is 381 g/mol. The summed E-state index contributed by atoms with van der Waals surface area (Å²) in [7, 11) is 0. The highest BCUT2D eigenvalue weighted by Gasteiger charge is 2.27. The number of carboxylic acids is 1.